The van der Waals surface area contributed by atoms with Crippen LogP contribution >= 0.6 is 0 Å². The molecule has 0 aliphatic heterocycles. The summed E-state index contributed by atoms with van der Waals surface area (Å²) < 4.78 is 11.6. The molecule has 0 unspecified atom stereocenters. The van der Waals surface area contributed by atoms with Crippen molar-refractivity contribution >= 4 is 12.3 Å². The molecule has 5 aliphatic carbocycles. The highest BCUT2D eigenvalue weighted by Gasteiger charge is 2.69. The average molecular weight is 480 g/mol. The second kappa shape index (κ2) is 7.10. The van der Waals surface area contributed by atoms with Gasteiger partial charge in [0.25, 0.3) is 6.47 Å². The Bertz CT molecular complexity index is 1120. The first kappa shape index (κ1) is 23.5. The van der Waals surface area contributed by atoms with Gasteiger partial charge in [0.05, 0.1) is 6.20 Å². The largest absolute Gasteiger partial charge is 0.461 e. The lowest BCUT2D eigenvalue weighted by Gasteiger charge is -2.68. The van der Waals surface area contributed by atoms with Gasteiger partial charge in [-0.2, -0.15) is 0 Å². The molecule has 5 heteroatoms. The SMILES string of the molecule is C[C@@H]1c2oncc2C[C@]2(C)C3=CC(=O)[C@@H]4[C@@H]5CC(C)(C)CC[C@]5(OC=O)CC[C@@]4(C)[C@]3(C)CC[C@@H]12. The van der Waals surface area contributed by atoms with Crippen molar-refractivity contribution in [2.45, 2.75) is 104 Å². The van der Waals surface area contributed by atoms with Gasteiger partial charge in [-0.25, -0.2) is 0 Å². The van der Waals surface area contributed by atoms with E-state index in [9.17, 15) is 9.59 Å². The summed E-state index contributed by atoms with van der Waals surface area (Å²) in [5, 5.41) is 4.14. The van der Waals surface area contributed by atoms with E-state index in [0.717, 1.165) is 57.1 Å². The van der Waals surface area contributed by atoms with Gasteiger partial charge < -0.3 is 9.26 Å². The van der Waals surface area contributed by atoms with E-state index in [1.807, 2.05) is 6.20 Å². The van der Waals surface area contributed by atoms with Crippen LogP contribution in [0.3, 0.4) is 0 Å². The maximum atomic E-state index is 14.3. The first-order valence-electron chi connectivity index (χ1n) is 13.7. The lowest BCUT2D eigenvalue weighted by molar-refractivity contribution is -0.207. The van der Waals surface area contributed by atoms with Crippen molar-refractivity contribution in [1.29, 1.82) is 0 Å². The molecule has 0 N–H and O–H groups in total. The molecule has 0 saturated heterocycles. The molecule has 8 atom stereocenters. The summed E-state index contributed by atoms with van der Waals surface area (Å²) in [6, 6.07) is 0. The highest BCUT2D eigenvalue weighted by molar-refractivity contribution is 5.95. The summed E-state index contributed by atoms with van der Waals surface area (Å²) in [6.07, 6.45) is 11.7. The second-order valence-corrected chi connectivity index (χ2v) is 14.2. The lowest BCUT2D eigenvalue weighted by Crippen LogP contribution is -2.66. The van der Waals surface area contributed by atoms with E-state index in [4.69, 9.17) is 9.26 Å². The molecule has 5 aliphatic rings. The van der Waals surface area contributed by atoms with Crippen LogP contribution < -0.4 is 0 Å². The molecule has 1 aromatic heterocycles. The number of ketones is 1. The van der Waals surface area contributed by atoms with Crippen LogP contribution in [-0.4, -0.2) is 23.0 Å². The van der Waals surface area contributed by atoms with Crippen molar-refractivity contribution in [3.05, 3.63) is 29.2 Å². The van der Waals surface area contributed by atoms with Crippen molar-refractivity contribution in [2.24, 2.45) is 39.4 Å². The van der Waals surface area contributed by atoms with E-state index in [0.29, 0.717) is 18.3 Å². The molecule has 0 amide bonds. The molecule has 0 spiro atoms. The maximum Gasteiger partial charge on any atom is 0.293 e. The third-order valence-electron chi connectivity index (χ3n) is 12.2. The third-order valence-corrected chi connectivity index (χ3v) is 12.2. The molecule has 1 heterocycles. The number of ether oxygens (including phenoxy) is 1. The number of carbonyl (C=O) groups excluding carboxylic acids is 2. The van der Waals surface area contributed by atoms with Crippen molar-refractivity contribution in [3.8, 4) is 0 Å². The summed E-state index contributed by atoms with van der Waals surface area (Å²) in [7, 11) is 0. The standard InChI is InChI=1S/C30H41NO4/c1-18-20-7-8-28(5)23(27(20,4)14-19-16-31-35-25(18)19)13-22(33)24-21-15-26(2,3)9-11-30(21,34-17-32)12-10-29(24,28)6/h13,16-18,20-21,24H,7-12,14-15H2,1-6H3/t18-,20-,21-,24-,27-,28+,29+,30-/m0/s1. The number of allylic oxidation sites excluding steroid dienone is 2. The van der Waals surface area contributed by atoms with Gasteiger partial charge in [0.1, 0.15) is 11.4 Å². The quantitative estimate of drug-likeness (QED) is 0.458. The molecule has 3 saturated carbocycles. The molecular formula is C30H41NO4. The summed E-state index contributed by atoms with van der Waals surface area (Å²) >= 11 is 0. The van der Waals surface area contributed by atoms with Crippen LogP contribution in [0.25, 0.3) is 0 Å². The Morgan fingerprint density at radius 2 is 1.80 bits per heavy atom. The maximum absolute atomic E-state index is 14.3. The summed E-state index contributed by atoms with van der Waals surface area (Å²) in [5.41, 5.74) is 1.95. The van der Waals surface area contributed by atoms with Gasteiger partial charge in [0.2, 0.25) is 0 Å². The Kier molecular flexibility index (Phi) is 4.77. The molecular weight excluding hydrogens is 438 g/mol. The number of aromatic nitrogens is 1. The minimum absolute atomic E-state index is 0.0554. The van der Waals surface area contributed by atoms with Crippen molar-refractivity contribution in [2.75, 3.05) is 0 Å². The van der Waals surface area contributed by atoms with E-state index in [1.165, 1.54) is 11.1 Å². The van der Waals surface area contributed by atoms with Gasteiger partial charge in [0, 0.05) is 23.3 Å². The van der Waals surface area contributed by atoms with E-state index in [2.05, 4.69) is 52.8 Å². The molecule has 6 rings (SSSR count). The summed E-state index contributed by atoms with van der Waals surface area (Å²) in [6.45, 7) is 14.8. The van der Waals surface area contributed by atoms with Crippen LogP contribution in [0.1, 0.15) is 104 Å². The normalized spacial score (nSPS) is 47.8. The van der Waals surface area contributed by atoms with E-state index in [-0.39, 0.29) is 39.3 Å². The zero-order valence-electron chi connectivity index (χ0n) is 22.3. The number of carbonyl (C=O) groups is 2. The number of hydrogen-bond acceptors (Lipinski definition) is 5. The predicted octanol–water partition coefficient (Wildman–Crippen LogP) is 6.42. The van der Waals surface area contributed by atoms with E-state index < -0.39 is 5.60 Å². The van der Waals surface area contributed by atoms with Crippen LogP contribution in [0.15, 0.2) is 22.4 Å². The second-order valence-electron chi connectivity index (χ2n) is 14.2. The van der Waals surface area contributed by atoms with Crippen molar-refractivity contribution in [3.63, 3.8) is 0 Å². The minimum Gasteiger partial charge on any atom is -0.461 e. The third kappa shape index (κ3) is 2.84. The summed E-state index contributed by atoms with van der Waals surface area (Å²) in [4.78, 5) is 26.0. The van der Waals surface area contributed by atoms with E-state index in [1.54, 1.807) is 0 Å². The fourth-order valence-electron chi connectivity index (χ4n) is 10.1. The highest BCUT2D eigenvalue weighted by atomic mass is 16.5. The number of fused-ring (bicyclic) bond motifs is 8. The molecule has 3 fully saturated rings. The summed E-state index contributed by atoms with van der Waals surface area (Å²) in [5.74, 6) is 2.05. The van der Waals surface area contributed by atoms with Gasteiger partial charge in [0.15, 0.2) is 5.78 Å². The van der Waals surface area contributed by atoms with Gasteiger partial charge in [-0.15, -0.1) is 0 Å². The number of hydrogen-bond donors (Lipinski definition) is 0. The monoisotopic (exact) mass is 479 g/mol. The van der Waals surface area contributed by atoms with Crippen molar-refractivity contribution in [1.82, 2.24) is 5.16 Å². The molecule has 0 aromatic carbocycles. The Balaban J connectivity index is 1.49. The predicted molar refractivity (Wildman–Crippen MR) is 132 cm³/mol. The Morgan fingerprint density at radius 1 is 1.06 bits per heavy atom. The molecule has 35 heavy (non-hydrogen) atoms. The van der Waals surface area contributed by atoms with E-state index >= 15 is 0 Å². The first-order valence-corrected chi connectivity index (χ1v) is 13.7. The van der Waals surface area contributed by atoms with Gasteiger partial charge in [-0.1, -0.05) is 52.3 Å². The molecule has 190 valence electrons. The molecule has 1 aromatic rings. The fraction of sp³-hybridized carbons (Fsp3) is 0.767. The Hall–Kier alpha value is -1.91. The van der Waals surface area contributed by atoms with Gasteiger partial charge >= 0.3 is 0 Å². The number of nitrogens with zero attached hydrogens (tertiary/aromatic N) is 1. The minimum atomic E-state index is -0.489. The fourth-order valence-corrected chi connectivity index (χ4v) is 10.1. The molecule has 5 nitrogen and oxygen atoms in total. The molecule has 0 bridgehead atoms. The average Bonchev–Trinajstić information content (AvgIpc) is 3.24. The Labute approximate surface area is 209 Å². The highest BCUT2D eigenvalue weighted by Crippen LogP contribution is 2.73. The molecule has 0 radical (unpaired) electrons. The first-order chi connectivity index (χ1) is 16.4. The van der Waals surface area contributed by atoms with Crippen LogP contribution in [-0.2, 0) is 20.7 Å². The topological polar surface area (TPSA) is 69.4 Å². The van der Waals surface area contributed by atoms with Gasteiger partial charge in [-0.3, -0.25) is 9.59 Å². The smallest absolute Gasteiger partial charge is 0.293 e. The van der Waals surface area contributed by atoms with Crippen LogP contribution in [0.2, 0.25) is 0 Å². The van der Waals surface area contributed by atoms with Gasteiger partial charge in [-0.05, 0) is 85.0 Å². The van der Waals surface area contributed by atoms with Crippen LogP contribution in [0.4, 0.5) is 0 Å². The zero-order valence-corrected chi connectivity index (χ0v) is 22.3. The van der Waals surface area contributed by atoms with Crippen LogP contribution in [0, 0.1) is 39.4 Å². The Morgan fingerprint density at radius 3 is 2.54 bits per heavy atom. The zero-order chi connectivity index (χ0) is 25.0. The van der Waals surface area contributed by atoms with Crippen molar-refractivity contribution < 1.29 is 18.8 Å². The number of rotatable bonds is 2. The van der Waals surface area contributed by atoms with Crippen LogP contribution in [0.5, 0.6) is 0 Å². The lowest BCUT2D eigenvalue weighted by atomic mass is 9.36.